The van der Waals surface area contributed by atoms with E-state index in [2.05, 4.69) is 0 Å². The zero-order valence-electron chi connectivity index (χ0n) is 10.4. The number of nitrogens with two attached hydrogens (primary N) is 1. The van der Waals surface area contributed by atoms with Crippen LogP contribution in [0.25, 0.3) is 0 Å². The number of primary amides is 1. The summed E-state index contributed by atoms with van der Waals surface area (Å²) in [7, 11) is 0. The molecule has 1 fully saturated rings. The van der Waals surface area contributed by atoms with Crippen LogP contribution in [0.2, 0.25) is 5.02 Å². The van der Waals surface area contributed by atoms with Crippen molar-refractivity contribution in [2.45, 2.75) is 20.3 Å². The molecule has 2 N–H and O–H groups in total. The number of aryl methyl sites for hydroxylation is 2. The molecule has 96 valence electrons. The van der Waals surface area contributed by atoms with Crippen molar-refractivity contribution in [1.29, 1.82) is 0 Å². The number of hydrogen-bond donors (Lipinski definition) is 1. The Hall–Kier alpha value is -1.55. The fourth-order valence-corrected chi connectivity index (χ4v) is 2.79. The topological polar surface area (TPSA) is 63.4 Å². The minimum absolute atomic E-state index is 0.104. The lowest BCUT2D eigenvalue weighted by molar-refractivity contribution is -0.123. The SMILES string of the molecule is Cc1cc(C)c(N2CC(C(N)=O)CC2=O)c(Cl)c1. The highest BCUT2D eigenvalue weighted by Crippen LogP contribution is 2.34. The van der Waals surface area contributed by atoms with E-state index in [0.717, 1.165) is 11.1 Å². The first-order chi connectivity index (χ1) is 8.40. The van der Waals surface area contributed by atoms with Crippen molar-refractivity contribution in [2.75, 3.05) is 11.4 Å². The molecular weight excluding hydrogens is 252 g/mol. The Kier molecular flexibility index (Phi) is 3.30. The molecule has 1 heterocycles. The predicted octanol–water partition coefficient (Wildman–Crippen LogP) is 1.80. The second kappa shape index (κ2) is 4.61. The molecule has 0 aliphatic carbocycles. The number of rotatable bonds is 2. The van der Waals surface area contributed by atoms with E-state index in [-0.39, 0.29) is 12.3 Å². The number of carbonyl (C=O) groups is 2. The van der Waals surface area contributed by atoms with Crippen LogP contribution in [-0.4, -0.2) is 18.4 Å². The maximum atomic E-state index is 11.9. The van der Waals surface area contributed by atoms with E-state index in [0.29, 0.717) is 17.3 Å². The molecule has 1 aromatic carbocycles. The van der Waals surface area contributed by atoms with Gasteiger partial charge in [0.15, 0.2) is 0 Å². The van der Waals surface area contributed by atoms with Crippen molar-refractivity contribution in [3.63, 3.8) is 0 Å². The molecule has 0 spiro atoms. The smallest absolute Gasteiger partial charge is 0.227 e. The van der Waals surface area contributed by atoms with E-state index in [1.807, 2.05) is 26.0 Å². The fraction of sp³-hybridized carbons (Fsp3) is 0.385. The van der Waals surface area contributed by atoms with E-state index in [4.69, 9.17) is 17.3 Å². The highest BCUT2D eigenvalue weighted by molar-refractivity contribution is 6.34. The summed E-state index contributed by atoms with van der Waals surface area (Å²) < 4.78 is 0. The third-order valence-electron chi connectivity index (χ3n) is 3.20. The Bertz CT molecular complexity index is 505. The molecule has 1 aromatic rings. The lowest BCUT2D eigenvalue weighted by Crippen LogP contribution is -2.29. The van der Waals surface area contributed by atoms with Gasteiger partial charge in [0.05, 0.1) is 16.6 Å². The number of halogens is 1. The van der Waals surface area contributed by atoms with Crippen LogP contribution >= 0.6 is 11.6 Å². The van der Waals surface area contributed by atoms with Gasteiger partial charge in [0.25, 0.3) is 0 Å². The fourth-order valence-electron chi connectivity index (χ4n) is 2.36. The first-order valence-corrected chi connectivity index (χ1v) is 6.14. The molecule has 2 rings (SSSR count). The normalized spacial score (nSPS) is 19.4. The second-order valence-corrected chi connectivity index (χ2v) is 5.13. The minimum atomic E-state index is -0.438. The van der Waals surface area contributed by atoms with Crippen molar-refractivity contribution in [2.24, 2.45) is 11.7 Å². The third-order valence-corrected chi connectivity index (χ3v) is 3.48. The number of benzene rings is 1. The molecule has 1 atom stereocenters. The van der Waals surface area contributed by atoms with Gasteiger partial charge in [-0.2, -0.15) is 0 Å². The highest BCUT2D eigenvalue weighted by Gasteiger charge is 2.35. The first kappa shape index (κ1) is 12.9. The Morgan fingerprint density at radius 3 is 2.61 bits per heavy atom. The zero-order chi connectivity index (χ0) is 13.4. The summed E-state index contributed by atoms with van der Waals surface area (Å²) in [6.45, 7) is 4.16. The summed E-state index contributed by atoms with van der Waals surface area (Å²) in [5.74, 6) is -0.964. The number of nitrogens with zero attached hydrogens (tertiary/aromatic N) is 1. The maximum Gasteiger partial charge on any atom is 0.227 e. The molecule has 0 radical (unpaired) electrons. The molecule has 5 heteroatoms. The summed E-state index contributed by atoms with van der Waals surface area (Å²) >= 11 is 6.20. The molecule has 1 saturated heterocycles. The molecule has 2 amide bonds. The predicted molar refractivity (Wildman–Crippen MR) is 70.6 cm³/mol. The lowest BCUT2D eigenvalue weighted by Gasteiger charge is -2.20. The molecule has 1 aliphatic heterocycles. The Morgan fingerprint density at radius 2 is 2.11 bits per heavy atom. The van der Waals surface area contributed by atoms with Crippen molar-refractivity contribution in [1.82, 2.24) is 0 Å². The summed E-state index contributed by atoms with van der Waals surface area (Å²) in [5, 5.41) is 0.533. The molecule has 1 unspecified atom stereocenters. The number of carbonyl (C=O) groups excluding carboxylic acids is 2. The minimum Gasteiger partial charge on any atom is -0.369 e. The van der Waals surface area contributed by atoms with Gasteiger partial charge in [0.1, 0.15) is 0 Å². The van der Waals surface area contributed by atoms with Crippen LogP contribution in [0.5, 0.6) is 0 Å². The van der Waals surface area contributed by atoms with Gasteiger partial charge >= 0.3 is 0 Å². The molecule has 0 bridgehead atoms. The van der Waals surface area contributed by atoms with Crippen LogP contribution in [0.4, 0.5) is 5.69 Å². The number of anilines is 1. The molecule has 1 aliphatic rings. The van der Waals surface area contributed by atoms with E-state index in [9.17, 15) is 9.59 Å². The Labute approximate surface area is 111 Å². The molecule has 0 aromatic heterocycles. The molecule has 18 heavy (non-hydrogen) atoms. The van der Waals surface area contributed by atoms with Gasteiger partial charge in [-0.15, -0.1) is 0 Å². The van der Waals surface area contributed by atoms with Crippen molar-refractivity contribution < 1.29 is 9.59 Å². The molecular formula is C13H15ClN2O2. The van der Waals surface area contributed by atoms with E-state index < -0.39 is 11.8 Å². The van der Waals surface area contributed by atoms with Crippen LogP contribution in [0.1, 0.15) is 17.5 Å². The summed E-state index contributed by atoms with van der Waals surface area (Å²) in [6.07, 6.45) is 0.166. The lowest BCUT2D eigenvalue weighted by atomic mass is 10.1. The van der Waals surface area contributed by atoms with Gasteiger partial charge < -0.3 is 10.6 Å². The zero-order valence-corrected chi connectivity index (χ0v) is 11.1. The first-order valence-electron chi connectivity index (χ1n) is 5.76. The Morgan fingerprint density at radius 1 is 1.44 bits per heavy atom. The number of hydrogen-bond acceptors (Lipinski definition) is 2. The van der Waals surface area contributed by atoms with Crippen LogP contribution in [-0.2, 0) is 9.59 Å². The van der Waals surface area contributed by atoms with E-state index >= 15 is 0 Å². The average molecular weight is 267 g/mol. The standard InChI is InChI=1S/C13H15ClN2O2/c1-7-3-8(2)12(10(14)4-7)16-6-9(13(15)18)5-11(16)17/h3-4,9H,5-6H2,1-2H3,(H2,15,18). The van der Waals surface area contributed by atoms with Crippen molar-refractivity contribution >= 4 is 29.1 Å². The molecule has 4 nitrogen and oxygen atoms in total. The maximum absolute atomic E-state index is 11.9. The monoisotopic (exact) mass is 266 g/mol. The van der Waals surface area contributed by atoms with Gasteiger partial charge in [-0.3, -0.25) is 9.59 Å². The third kappa shape index (κ3) is 2.20. The van der Waals surface area contributed by atoms with E-state index in [1.54, 1.807) is 4.90 Å². The van der Waals surface area contributed by atoms with Gasteiger partial charge in [0, 0.05) is 13.0 Å². The second-order valence-electron chi connectivity index (χ2n) is 4.72. The number of amides is 2. The summed E-state index contributed by atoms with van der Waals surface area (Å²) in [6, 6.07) is 3.78. The van der Waals surface area contributed by atoms with Gasteiger partial charge in [-0.05, 0) is 31.0 Å². The van der Waals surface area contributed by atoms with Gasteiger partial charge in [0.2, 0.25) is 11.8 Å². The van der Waals surface area contributed by atoms with E-state index in [1.165, 1.54) is 0 Å². The van der Waals surface area contributed by atoms with Crippen molar-refractivity contribution in [3.8, 4) is 0 Å². The van der Waals surface area contributed by atoms with Crippen LogP contribution < -0.4 is 10.6 Å². The van der Waals surface area contributed by atoms with Crippen LogP contribution in [0.3, 0.4) is 0 Å². The van der Waals surface area contributed by atoms with Crippen LogP contribution in [0, 0.1) is 19.8 Å². The summed E-state index contributed by atoms with van der Waals surface area (Å²) in [5.41, 5.74) is 7.91. The highest BCUT2D eigenvalue weighted by atomic mass is 35.5. The van der Waals surface area contributed by atoms with Gasteiger partial charge in [-0.25, -0.2) is 0 Å². The Balaban J connectivity index is 2.39. The molecule has 0 saturated carbocycles. The largest absolute Gasteiger partial charge is 0.369 e. The van der Waals surface area contributed by atoms with Crippen LogP contribution in [0.15, 0.2) is 12.1 Å². The average Bonchev–Trinajstić information content (AvgIpc) is 2.59. The van der Waals surface area contributed by atoms with Crippen molar-refractivity contribution in [3.05, 3.63) is 28.3 Å². The quantitative estimate of drug-likeness (QED) is 0.887. The summed E-state index contributed by atoms with van der Waals surface area (Å²) in [4.78, 5) is 24.7. The van der Waals surface area contributed by atoms with Gasteiger partial charge in [-0.1, -0.05) is 17.7 Å².